The smallest absolute Gasteiger partial charge is 0.141 e. The first-order valence-electron chi connectivity index (χ1n) is 5.40. The Labute approximate surface area is 107 Å². The fourth-order valence-corrected chi connectivity index (χ4v) is 1.77. The van der Waals surface area contributed by atoms with Gasteiger partial charge in [-0.3, -0.25) is 0 Å². The van der Waals surface area contributed by atoms with E-state index >= 15 is 0 Å². The molecule has 94 valence electrons. The Morgan fingerprint density at radius 1 is 1.41 bits per heavy atom. The quantitative estimate of drug-likeness (QED) is 0.914. The number of furan rings is 1. The summed E-state index contributed by atoms with van der Waals surface area (Å²) in [6.45, 7) is 5.84. The van der Waals surface area contributed by atoms with Crippen molar-refractivity contribution in [2.75, 3.05) is 0 Å². The van der Waals surface area contributed by atoms with E-state index in [0.29, 0.717) is 0 Å². The predicted molar refractivity (Wildman–Crippen MR) is 68.1 cm³/mol. The molecule has 0 bridgehead atoms. The van der Waals surface area contributed by atoms with Crippen LogP contribution in [0.2, 0.25) is 0 Å². The lowest BCUT2D eigenvalue weighted by Gasteiger charge is -2.02. The number of rotatable bonds is 3. The summed E-state index contributed by atoms with van der Waals surface area (Å²) in [6.07, 6.45) is 2.56. The molecule has 17 heavy (non-hydrogen) atoms. The van der Waals surface area contributed by atoms with E-state index in [1.807, 2.05) is 26.8 Å². The van der Waals surface area contributed by atoms with E-state index in [9.17, 15) is 0 Å². The van der Waals surface area contributed by atoms with Crippen molar-refractivity contribution in [2.45, 2.75) is 33.2 Å². The van der Waals surface area contributed by atoms with Crippen LogP contribution in [0, 0.1) is 13.8 Å². The summed E-state index contributed by atoms with van der Waals surface area (Å²) < 4.78 is 10.6. The van der Waals surface area contributed by atoms with Crippen molar-refractivity contribution in [3.8, 4) is 11.1 Å². The fourth-order valence-electron chi connectivity index (χ4n) is 1.77. The Hall–Kier alpha value is -1.26. The largest absolute Gasteiger partial charge is 0.467 e. The molecule has 0 amide bonds. The third-order valence-electron chi connectivity index (χ3n) is 2.75. The van der Waals surface area contributed by atoms with Gasteiger partial charge in [0, 0.05) is 5.56 Å². The van der Waals surface area contributed by atoms with Crippen LogP contribution in [-0.2, 0) is 0 Å². The Morgan fingerprint density at radius 3 is 2.65 bits per heavy atom. The van der Waals surface area contributed by atoms with Crippen molar-refractivity contribution in [1.82, 2.24) is 5.16 Å². The number of aromatic nitrogens is 1. The van der Waals surface area contributed by atoms with Crippen molar-refractivity contribution in [1.29, 1.82) is 0 Å². The van der Waals surface area contributed by atoms with Gasteiger partial charge in [-0.15, -0.1) is 12.4 Å². The molecule has 0 aromatic carbocycles. The second kappa shape index (κ2) is 5.38. The van der Waals surface area contributed by atoms with E-state index in [4.69, 9.17) is 14.7 Å². The Morgan fingerprint density at radius 2 is 2.12 bits per heavy atom. The number of hydrogen-bond acceptors (Lipinski definition) is 4. The molecule has 0 radical (unpaired) electrons. The van der Waals surface area contributed by atoms with Crippen LogP contribution in [0.4, 0.5) is 0 Å². The summed E-state index contributed by atoms with van der Waals surface area (Å²) in [7, 11) is 0. The highest BCUT2D eigenvalue weighted by Crippen LogP contribution is 2.30. The van der Waals surface area contributed by atoms with Crippen LogP contribution >= 0.6 is 12.4 Å². The van der Waals surface area contributed by atoms with Gasteiger partial charge in [-0.2, -0.15) is 0 Å². The molecule has 5 heteroatoms. The van der Waals surface area contributed by atoms with Gasteiger partial charge in [0.15, 0.2) is 0 Å². The maximum Gasteiger partial charge on any atom is 0.141 e. The fraction of sp³-hybridized carbons (Fsp3) is 0.417. The van der Waals surface area contributed by atoms with E-state index in [2.05, 4.69) is 5.16 Å². The first-order chi connectivity index (χ1) is 7.63. The summed E-state index contributed by atoms with van der Waals surface area (Å²) in [5.41, 5.74) is 8.75. The molecule has 0 spiro atoms. The lowest BCUT2D eigenvalue weighted by molar-refractivity contribution is 0.393. The number of nitrogens with two attached hydrogens (primary N) is 1. The second-order valence-electron chi connectivity index (χ2n) is 3.95. The average molecular weight is 257 g/mol. The highest BCUT2D eigenvalue weighted by Gasteiger charge is 2.16. The van der Waals surface area contributed by atoms with Gasteiger partial charge in [-0.25, -0.2) is 0 Å². The molecule has 0 aliphatic heterocycles. The molecule has 2 aromatic rings. The van der Waals surface area contributed by atoms with E-state index in [0.717, 1.165) is 34.8 Å². The molecule has 2 aromatic heterocycles. The number of hydrogen-bond donors (Lipinski definition) is 1. The van der Waals surface area contributed by atoms with Gasteiger partial charge in [0.1, 0.15) is 11.5 Å². The van der Waals surface area contributed by atoms with Crippen molar-refractivity contribution >= 4 is 12.4 Å². The third-order valence-corrected chi connectivity index (χ3v) is 2.75. The summed E-state index contributed by atoms with van der Waals surface area (Å²) in [4.78, 5) is 0. The third kappa shape index (κ3) is 2.53. The zero-order chi connectivity index (χ0) is 11.7. The van der Waals surface area contributed by atoms with Crippen LogP contribution in [0.1, 0.15) is 36.6 Å². The van der Waals surface area contributed by atoms with Crippen LogP contribution in [0.3, 0.4) is 0 Å². The summed E-state index contributed by atoms with van der Waals surface area (Å²) in [5.74, 6) is 1.60. The normalized spacial score (nSPS) is 12.2. The molecule has 0 aliphatic carbocycles. The molecule has 1 unspecified atom stereocenters. The van der Waals surface area contributed by atoms with Gasteiger partial charge in [0.25, 0.3) is 0 Å². The lowest BCUT2D eigenvalue weighted by atomic mass is 10.1. The van der Waals surface area contributed by atoms with E-state index in [-0.39, 0.29) is 18.4 Å². The van der Waals surface area contributed by atoms with Gasteiger partial charge in [0.2, 0.25) is 0 Å². The van der Waals surface area contributed by atoms with E-state index in [1.165, 1.54) is 0 Å². The van der Waals surface area contributed by atoms with E-state index in [1.54, 1.807) is 6.26 Å². The standard InChI is InChI=1S/C12H16N2O2.ClH/c1-4-10(13)11-5-9(6-15-11)12-7(2)14-16-8(12)3;/h5-6,10H,4,13H2,1-3H3;1H. The maximum atomic E-state index is 5.90. The Balaban J connectivity index is 0.00000144. The molecule has 2 rings (SSSR count). The zero-order valence-electron chi connectivity index (χ0n) is 10.2. The molecule has 0 fully saturated rings. The number of halogens is 1. The molecule has 2 heterocycles. The predicted octanol–water partition coefficient (Wildman–Crippen LogP) is 3.38. The first kappa shape index (κ1) is 13.8. The van der Waals surface area contributed by atoms with Crippen molar-refractivity contribution in [2.24, 2.45) is 5.73 Å². The highest BCUT2D eigenvalue weighted by atomic mass is 35.5. The van der Waals surface area contributed by atoms with E-state index < -0.39 is 0 Å². The van der Waals surface area contributed by atoms with Gasteiger partial charge >= 0.3 is 0 Å². The summed E-state index contributed by atoms with van der Waals surface area (Å²) >= 11 is 0. The highest BCUT2D eigenvalue weighted by molar-refractivity contribution is 5.85. The minimum Gasteiger partial charge on any atom is -0.467 e. The van der Waals surface area contributed by atoms with Gasteiger partial charge < -0.3 is 14.7 Å². The zero-order valence-corrected chi connectivity index (χ0v) is 11.0. The van der Waals surface area contributed by atoms with Crippen molar-refractivity contribution in [3.05, 3.63) is 29.5 Å². The number of aryl methyl sites for hydroxylation is 2. The molecule has 2 N–H and O–H groups in total. The van der Waals surface area contributed by atoms with Gasteiger partial charge in [0.05, 0.1) is 23.6 Å². The first-order valence-corrected chi connectivity index (χ1v) is 5.40. The minimum absolute atomic E-state index is 0. The van der Waals surface area contributed by atoms with Crippen LogP contribution in [0.5, 0.6) is 0 Å². The Bertz CT molecular complexity index is 471. The molecular formula is C12H17ClN2O2. The molecule has 0 saturated heterocycles. The molecular weight excluding hydrogens is 240 g/mol. The molecule has 1 atom stereocenters. The molecule has 0 saturated carbocycles. The second-order valence-corrected chi connectivity index (χ2v) is 3.95. The SMILES string of the molecule is CCC(N)c1cc(-c2c(C)noc2C)co1.Cl. The topological polar surface area (TPSA) is 65.2 Å². The monoisotopic (exact) mass is 256 g/mol. The minimum atomic E-state index is -0.0470. The van der Waals surface area contributed by atoms with Crippen LogP contribution < -0.4 is 5.73 Å². The summed E-state index contributed by atoms with van der Waals surface area (Å²) in [6, 6.07) is 1.91. The Kier molecular flexibility index (Phi) is 4.37. The van der Waals surface area contributed by atoms with Crippen LogP contribution in [0.15, 0.2) is 21.3 Å². The summed E-state index contributed by atoms with van der Waals surface area (Å²) in [5, 5.41) is 3.92. The van der Waals surface area contributed by atoms with Crippen LogP contribution in [-0.4, -0.2) is 5.16 Å². The van der Waals surface area contributed by atoms with Crippen molar-refractivity contribution < 1.29 is 8.94 Å². The number of nitrogens with zero attached hydrogens (tertiary/aromatic N) is 1. The van der Waals surface area contributed by atoms with Crippen molar-refractivity contribution in [3.63, 3.8) is 0 Å². The molecule has 0 aliphatic rings. The average Bonchev–Trinajstić information content (AvgIpc) is 2.85. The molecule has 4 nitrogen and oxygen atoms in total. The lowest BCUT2D eigenvalue weighted by Crippen LogP contribution is -2.06. The van der Waals surface area contributed by atoms with Crippen LogP contribution in [0.25, 0.3) is 11.1 Å². The van der Waals surface area contributed by atoms with Gasteiger partial charge in [-0.1, -0.05) is 12.1 Å². The maximum absolute atomic E-state index is 5.90. The van der Waals surface area contributed by atoms with Gasteiger partial charge in [-0.05, 0) is 26.3 Å².